The fourth-order valence-electron chi connectivity index (χ4n) is 6.20. The number of amides is 1. The molecule has 3 aromatic carbocycles. The number of anilines is 2. The third-order valence-corrected chi connectivity index (χ3v) is 9.07. The molecule has 3 fully saturated rings. The Kier molecular flexibility index (Phi) is 6.93. The number of carbonyl (C=O) groups is 2. The lowest BCUT2D eigenvalue weighted by Crippen LogP contribution is -2.66. The van der Waals surface area contributed by atoms with Crippen LogP contribution >= 0.6 is 23.2 Å². The highest BCUT2D eigenvalue weighted by Crippen LogP contribution is 2.43. The molecule has 4 heterocycles. The summed E-state index contributed by atoms with van der Waals surface area (Å²) >= 11 is 13.3. The van der Waals surface area contributed by atoms with E-state index in [-0.39, 0.29) is 29.2 Å². The summed E-state index contributed by atoms with van der Waals surface area (Å²) in [5.74, 6) is -0.618. The van der Waals surface area contributed by atoms with Gasteiger partial charge in [-0.1, -0.05) is 47.5 Å². The van der Waals surface area contributed by atoms with Gasteiger partial charge in [0.05, 0.1) is 65.2 Å². The minimum Gasteiger partial charge on any atom is -0.478 e. The minimum absolute atomic E-state index is 0.0232. The molecule has 0 aliphatic carbocycles. The number of nitrogens with zero attached hydrogens (tertiary/aromatic N) is 3. The second kappa shape index (κ2) is 10.6. The molecule has 0 saturated carbocycles. The van der Waals surface area contributed by atoms with Gasteiger partial charge < -0.3 is 34.0 Å². The maximum absolute atomic E-state index is 13.6. The molecule has 0 aromatic heterocycles. The Morgan fingerprint density at radius 2 is 1.64 bits per heavy atom. The monoisotopic (exact) mass is 609 g/mol. The quantitative estimate of drug-likeness (QED) is 0.431. The first-order valence-corrected chi connectivity index (χ1v) is 14.6. The topological polar surface area (TPSA) is 91.8 Å². The van der Waals surface area contributed by atoms with Crippen molar-refractivity contribution < 1.29 is 28.9 Å². The lowest BCUT2D eigenvalue weighted by Gasteiger charge is -2.56. The molecule has 9 nitrogen and oxygen atoms in total. The third kappa shape index (κ3) is 4.74. The summed E-state index contributed by atoms with van der Waals surface area (Å²) in [5.41, 5.74) is 4.79. The Bertz CT molecular complexity index is 1560. The van der Waals surface area contributed by atoms with E-state index in [1.807, 2.05) is 29.2 Å². The van der Waals surface area contributed by atoms with Gasteiger partial charge in [0.2, 0.25) is 0 Å². The van der Waals surface area contributed by atoms with Crippen LogP contribution in [0.25, 0.3) is 11.1 Å². The maximum atomic E-state index is 13.6. The molecule has 0 radical (unpaired) electrons. The Morgan fingerprint density at radius 3 is 2.31 bits per heavy atom. The molecule has 1 amide bonds. The van der Waals surface area contributed by atoms with Crippen molar-refractivity contribution in [3.05, 3.63) is 75.3 Å². The van der Waals surface area contributed by atoms with Crippen molar-refractivity contribution in [1.29, 1.82) is 0 Å². The van der Waals surface area contributed by atoms with Crippen LogP contribution in [-0.4, -0.2) is 81.2 Å². The smallest absolute Gasteiger partial charge is 0.337 e. The highest BCUT2D eigenvalue weighted by atomic mass is 35.5. The van der Waals surface area contributed by atoms with Crippen LogP contribution in [-0.2, 0) is 16.0 Å². The van der Waals surface area contributed by atoms with Gasteiger partial charge in [0.15, 0.2) is 6.73 Å². The van der Waals surface area contributed by atoms with Crippen LogP contribution in [0.4, 0.5) is 11.4 Å². The predicted molar refractivity (Wildman–Crippen MR) is 159 cm³/mol. The van der Waals surface area contributed by atoms with Crippen molar-refractivity contribution in [2.75, 3.05) is 69.1 Å². The highest BCUT2D eigenvalue weighted by Gasteiger charge is 2.49. The molecule has 4 aliphatic heterocycles. The van der Waals surface area contributed by atoms with Crippen molar-refractivity contribution in [1.82, 2.24) is 4.90 Å². The average molecular weight is 610 g/mol. The Morgan fingerprint density at radius 1 is 0.905 bits per heavy atom. The first-order chi connectivity index (χ1) is 20.3. The molecule has 0 bridgehead atoms. The Hall–Kier alpha value is -3.50. The van der Waals surface area contributed by atoms with Crippen LogP contribution in [0, 0.1) is 5.41 Å². The number of ether oxygens (including phenoxy) is 3. The summed E-state index contributed by atoms with van der Waals surface area (Å²) in [4.78, 5) is 31.4. The van der Waals surface area contributed by atoms with Gasteiger partial charge in [0.25, 0.3) is 5.91 Å². The summed E-state index contributed by atoms with van der Waals surface area (Å²) in [6.07, 6.45) is 0. The van der Waals surface area contributed by atoms with Gasteiger partial charge >= 0.3 is 5.97 Å². The van der Waals surface area contributed by atoms with E-state index >= 15 is 0 Å². The summed E-state index contributed by atoms with van der Waals surface area (Å²) in [6, 6.07) is 14.7. The zero-order valence-electron chi connectivity index (χ0n) is 22.8. The van der Waals surface area contributed by atoms with E-state index in [4.69, 9.17) is 37.4 Å². The molecule has 0 atom stereocenters. The van der Waals surface area contributed by atoms with Crippen LogP contribution in [0.1, 0.15) is 26.3 Å². The van der Waals surface area contributed by atoms with Gasteiger partial charge in [0, 0.05) is 43.0 Å². The second-order valence-corrected chi connectivity index (χ2v) is 12.2. The number of morpholine rings is 1. The summed E-state index contributed by atoms with van der Waals surface area (Å²) in [5, 5.41) is 10.4. The van der Waals surface area contributed by atoms with Crippen LogP contribution < -0.4 is 14.5 Å². The van der Waals surface area contributed by atoms with Gasteiger partial charge in [0.1, 0.15) is 5.75 Å². The number of fused-ring (bicyclic) bond motifs is 1. The normalized spacial score (nSPS) is 19.0. The summed E-state index contributed by atoms with van der Waals surface area (Å²) in [7, 11) is 0. The van der Waals surface area contributed by atoms with Gasteiger partial charge in [-0.25, -0.2) is 4.79 Å². The SMILES string of the molecule is O=C(O)c1ccc(-c2cccc3c2OCN(C(=O)c2c(Cl)cc(N4CC5(COC5)C4)cc2Cl)C3)cc1N1CCOCC1. The molecule has 1 spiro atoms. The second-order valence-electron chi connectivity index (χ2n) is 11.3. The molecular formula is C31H29Cl2N3O6. The van der Waals surface area contributed by atoms with E-state index in [0.717, 1.165) is 48.7 Å². The number of hydrogen-bond donors (Lipinski definition) is 1. The molecule has 4 aliphatic rings. The molecule has 11 heteroatoms. The van der Waals surface area contributed by atoms with Gasteiger partial charge in [-0.3, -0.25) is 4.79 Å². The van der Waals surface area contributed by atoms with E-state index < -0.39 is 5.97 Å². The van der Waals surface area contributed by atoms with Crippen molar-refractivity contribution in [3.63, 3.8) is 0 Å². The fourth-order valence-corrected chi connectivity index (χ4v) is 6.84. The van der Waals surface area contributed by atoms with Gasteiger partial charge in [-0.2, -0.15) is 0 Å². The largest absolute Gasteiger partial charge is 0.478 e. The van der Waals surface area contributed by atoms with Gasteiger partial charge in [-0.15, -0.1) is 0 Å². The van der Waals surface area contributed by atoms with E-state index in [2.05, 4.69) is 4.90 Å². The van der Waals surface area contributed by atoms with E-state index in [0.29, 0.717) is 54.3 Å². The fraction of sp³-hybridized carbons (Fsp3) is 0.355. The zero-order chi connectivity index (χ0) is 29.0. The number of rotatable bonds is 5. The maximum Gasteiger partial charge on any atom is 0.337 e. The molecule has 42 heavy (non-hydrogen) atoms. The zero-order valence-corrected chi connectivity index (χ0v) is 24.3. The van der Waals surface area contributed by atoms with Crippen molar-refractivity contribution >= 4 is 46.5 Å². The lowest BCUT2D eigenvalue weighted by atomic mass is 9.78. The molecule has 0 unspecified atom stereocenters. The van der Waals surface area contributed by atoms with Gasteiger partial charge in [-0.05, 0) is 29.8 Å². The van der Waals surface area contributed by atoms with E-state index in [1.54, 1.807) is 29.2 Å². The highest BCUT2D eigenvalue weighted by molar-refractivity contribution is 6.40. The Balaban J connectivity index is 1.13. The first-order valence-electron chi connectivity index (χ1n) is 13.9. The third-order valence-electron chi connectivity index (χ3n) is 8.48. The number of carboxylic acid groups (broad SMARTS) is 1. The minimum atomic E-state index is -0.976. The number of carbonyl (C=O) groups excluding carboxylic acids is 1. The molecule has 1 N–H and O–H groups in total. The van der Waals surface area contributed by atoms with Crippen LogP contribution in [0.15, 0.2) is 48.5 Å². The first kappa shape index (κ1) is 27.3. The van der Waals surface area contributed by atoms with Crippen LogP contribution in [0.3, 0.4) is 0 Å². The van der Waals surface area contributed by atoms with Crippen molar-refractivity contribution in [2.45, 2.75) is 6.54 Å². The summed E-state index contributed by atoms with van der Waals surface area (Å²) < 4.78 is 17.0. The number of hydrogen-bond acceptors (Lipinski definition) is 7. The average Bonchev–Trinajstić information content (AvgIpc) is 2.95. The number of para-hydroxylation sites is 1. The van der Waals surface area contributed by atoms with Crippen LogP contribution in [0.2, 0.25) is 10.0 Å². The lowest BCUT2D eigenvalue weighted by molar-refractivity contribution is -0.127. The van der Waals surface area contributed by atoms with Crippen molar-refractivity contribution in [3.8, 4) is 16.9 Å². The number of carboxylic acids is 1. The number of halogens is 2. The number of aromatic carboxylic acids is 1. The molecule has 3 saturated heterocycles. The van der Waals surface area contributed by atoms with Crippen molar-refractivity contribution in [2.24, 2.45) is 5.41 Å². The van der Waals surface area contributed by atoms with E-state index in [1.165, 1.54) is 0 Å². The molecule has 218 valence electrons. The summed E-state index contributed by atoms with van der Waals surface area (Å²) in [6.45, 7) is 5.99. The number of benzene rings is 3. The predicted octanol–water partition coefficient (Wildman–Crippen LogP) is 5.02. The Labute approximate surface area is 253 Å². The molecule has 7 rings (SSSR count). The molecular weight excluding hydrogens is 581 g/mol. The molecule has 3 aromatic rings. The van der Waals surface area contributed by atoms with E-state index in [9.17, 15) is 14.7 Å². The van der Waals surface area contributed by atoms with Crippen LogP contribution in [0.5, 0.6) is 5.75 Å². The standard InChI is InChI=1S/C31H29Cl2N3O6/c32-24-11-21(36-14-31(15-36)16-41-17-31)12-25(33)27(24)29(37)35-13-20-2-1-3-22(28(20)42-18-35)19-4-5-23(30(38)39)26(10-19)34-6-8-40-9-7-34/h1-5,10-12H,6-9,13-18H2,(H,38,39).